The molecular weight excluding hydrogens is 159 g/mol. The Balaban J connectivity index is 2.87. The molecule has 0 fully saturated rings. The molecule has 0 saturated carbocycles. The minimum atomic E-state index is -0.436. The molecule has 0 aliphatic rings. The number of nitrogens with zero attached hydrogens (tertiary/aromatic N) is 1. The molecule has 0 unspecified atom stereocenters. The van der Waals surface area contributed by atoms with Gasteiger partial charge >= 0.3 is 0 Å². The number of hydrogen-bond acceptors (Lipinski definition) is 3. The van der Waals surface area contributed by atoms with Crippen molar-refractivity contribution in [2.24, 2.45) is 0 Å². The molecular formula is C8H7FN2O. The van der Waals surface area contributed by atoms with Crippen molar-refractivity contribution >= 4 is 16.7 Å². The zero-order valence-electron chi connectivity index (χ0n) is 6.47. The van der Waals surface area contributed by atoms with E-state index >= 15 is 0 Å². The fourth-order valence-corrected chi connectivity index (χ4v) is 1.09. The van der Waals surface area contributed by atoms with Gasteiger partial charge in [-0.3, -0.25) is 0 Å². The lowest BCUT2D eigenvalue weighted by Gasteiger charge is -1.93. The summed E-state index contributed by atoms with van der Waals surface area (Å²) < 4.78 is 17.8. The first-order valence-electron chi connectivity index (χ1n) is 3.49. The van der Waals surface area contributed by atoms with Crippen molar-refractivity contribution in [1.82, 2.24) is 5.16 Å². The summed E-state index contributed by atoms with van der Waals surface area (Å²) in [7, 11) is 0. The Morgan fingerprint density at radius 3 is 3.00 bits per heavy atom. The largest absolute Gasteiger partial charge is 0.396 e. The minimum absolute atomic E-state index is 0.0821. The predicted octanol–water partition coefficient (Wildman–Crippen LogP) is 1.86. The molecule has 1 aromatic heterocycles. The Hall–Kier alpha value is -1.58. The first-order chi connectivity index (χ1) is 5.68. The van der Waals surface area contributed by atoms with E-state index in [1.54, 1.807) is 6.92 Å². The van der Waals surface area contributed by atoms with Gasteiger partial charge in [0.05, 0.1) is 11.4 Å². The van der Waals surface area contributed by atoms with E-state index in [1.165, 1.54) is 12.1 Å². The molecule has 0 amide bonds. The van der Waals surface area contributed by atoms with Crippen LogP contribution in [0.5, 0.6) is 0 Å². The third-order valence-electron chi connectivity index (χ3n) is 1.77. The highest BCUT2D eigenvalue weighted by Crippen LogP contribution is 2.22. The van der Waals surface area contributed by atoms with Crippen molar-refractivity contribution in [3.8, 4) is 0 Å². The van der Waals surface area contributed by atoms with Crippen molar-refractivity contribution in [2.75, 3.05) is 5.73 Å². The van der Waals surface area contributed by atoms with Crippen LogP contribution in [0.3, 0.4) is 0 Å². The summed E-state index contributed by atoms with van der Waals surface area (Å²) in [6, 6.07) is 2.77. The van der Waals surface area contributed by atoms with Gasteiger partial charge in [0, 0.05) is 11.5 Å². The highest BCUT2D eigenvalue weighted by Gasteiger charge is 2.07. The van der Waals surface area contributed by atoms with Crippen LogP contribution in [-0.4, -0.2) is 5.16 Å². The Labute approximate surface area is 67.9 Å². The van der Waals surface area contributed by atoms with E-state index in [0.29, 0.717) is 16.7 Å². The SMILES string of the molecule is Cc1noc2cc(N)c(F)cc12. The molecule has 1 aromatic carbocycles. The first-order valence-corrected chi connectivity index (χ1v) is 3.49. The van der Waals surface area contributed by atoms with E-state index in [1.807, 2.05) is 0 Å². The molecule has 0 spiro atoms. The number of anilines is 1. The summed E-state index contributed by atoms with van der Waals surface area (Å²) in [5, 5.41) is 4.35. The second-order valence-corrected chi connectivity index (χ2v) is 2.64. The summed E-state index contributed by atoms with van der Waals surface area (Å²) in [5.41, 5.74) is 6.60. The van der Waals surface area contributed by atoms with Crippen LogP contribution in [-0.2, 0) is 0 Å². The molecule has 2 N–H and O–H groups in total. The third-order valence-corrected chi connectivity index (χ3v) is 1.77. The zero-order chi connectivity index (χ0) is 8.72. The fourth-order valence-electron chi connectivity index (χ4n) is 1.09. The molecule has 0 aliphatic heterocycles. The Morgan fingerprint density at radius 1 is 1.50 bits per heavy atom. The van der Waals surface area contributed by atoms with Crippen molar-refractivity contribution in [2.45, 2.75) is 6.92 Å². The van der Waals surface area contributed by atoms with Gasteiger partial charge in [-0.2, -0.15) is 0 Å². The summed E-state index contributed by atoms with van der Waals surface area (Å²) in [6.45, 7) is 1.75. The molecule has 4 heteroatoms. The number of benzene rings is 1. The maximum atomic E-state index is 12.9. The molecule has 1 heterocycles. The van der Waals surface area contributed by atoms with Gasteiger partial charge in [0.25, 0.3) is 0 Å². The molecule has 0 atom stereocenters. The maximum Gasteiger partial charge on any atom is 0.169 e. The minimum Gasteiger partial charge on any atom is -0.396 e. The Morgan fingerprint density at radius 2 is 2.25 bits per heavy atom. The van der Waals surface area contributed by atoms with Gasteiger partial charge < -0.3 is 10.3 Å². The Bertz CT molecular complexity index is 436. The van der Waals surface area contributed by atoms with Crippen LogP contribution in [0.1, 0.15) is 5.69 Å². The lowest BCUT2D eigenvalue weighted by Crippen LogP contribution is -1.88. The summed E-state index contributed by atoms with van der Waals surface area (Å²) in [6.07, 6.45) is 0. The van der Waals surface area contributed by atoms with Gasteiger partial charge in [0.1, 0.15) is 5.82 Å². The number of halogens is 1. The van der Waals surface area contributed by atoms with Crippen LogP contribution in [0.4, 0.5) is 10.1 Å². The lowest BCUT2D eigenvalue weighted by molar-refractivity contribution is 0.450. The topological polar surface area (TPSA) is 52.0 Å². The van der Waals surface area contributed by atoms with Crippen LogP contribution in [0.25, 0.3) is 11.0 Å². The number of aromatic nitrogens is 1. The molecule has 0 bridgehead atoms. The molecule has 0 saturated heterocycles. The first kappa shape index (κ1) is 7.09. The normalized spacial score (nSPS) is 10.8. The van der Waals surface area contributed by atoms with E-state index in [0.717, 1.165) is 0 Å². The quantitative estimate of drug-likeness (QED) is 0.607. The number of nitrogens with two attached hydrogens (primary N) is 1. The van der Waals surface area contributed by atoms with E-state index in [2.05, 4.69) is 5.16 Å². The highest BCUT2D eigenvalue weighted by atomic mass is 19.1. The molecule has 2 rings (SSSR count). The number of rotatable bonds is 0. The van der Waals surface area contributed by atoms with Gasteiger partial charge in [-0.25, -0.2) is 4.39 Å². The number of fused-ring (bicyclic) bond motifs is 1. The predicted molar refractivity (Wildman–Crippen MR) is 43.1 cm³/mol. The lowest BCUT2D eigenvalue weighted by atomic mass is 10.2. The highest BCUT2D eigenvalue weighted by molar-refractivity contribution is 5.82. The van der Waals surface area contributed by atoms with Gasteiger partial charge in [0.15, 0.2) is 5.58 Å². The number of aryl methyl sites for hydroxylation is 1. The third kappa shape index (κ3) is 0.845. The average Bonchev–Trinajstić information content (AvgIpc) is 2.35. The van der Waals surface area contributed by atoms with E-state index in [4.69, 9.17) is 10.3 Å². The molecule has 2 aromatic rings. The molecule has 3 nitrogen and oxygen atoms in total. The van der Waals surface area contributed by atoms with Gasteiger partial charge in [-0.05, 0) is 13.0 Å². The average molecular weight is 166 g/mol. The standard InChI is InChI=1S/C8H7FN2O/c1-4-5-2-6(9)7(10)3-8(5)12-11-4/h2-3H,10H2,1H3. The second-order valence-electron chi connectivity index (χ2n) is 2.64. The number of hydrogen-bond donors (Lipinski definition) is 1. The van der Waals surface area contributed by atoms with Crippen LogP contribution in [0.15, 0.2) is 16.7 Å². The van der Waals surface area contributed by atoms with Crippen LogP contribution < -0.4 is 5.73 Å². The van der Waals surface area contributed by atoms with Gasteiger partial charge in [0.2, 0.25) is 0 Å². The van der Waals surface area contributed by atoms with Crippen LogP contribution in [0, 0.1) is 12.7 Å². The van der Waals surface area contributed by atoms with E-state index in [9.17, 15) is 4.39 Å². The second kappa shape index (κ2) is 2.20. The smallest absolute Gasteiger partial charge is 0.169 e. The zero-order valence-corrected chi connectivity index (χ0v) is 6.47. The maximum absolute atomic E-state index is 12.9. The Kier molecular flexibility index (Phi) is 1.30. The van der Waals surface area contributed by atoms with Crippen molar-refractivity contribution in [3.63, 3.8) is 0 Å². The summed E-state index contributed by atoms with van der Waals surface area (Å²) >= 11 is 0. The molecule has 0 radical (unpaired) electrons. The van der Waals surface area contributed by atoms with Gasteiger partial charge in [-0.1, -0.05) is 5.16 Å². The summed E-state index contributed by atoms with van der Waals surface area (Å²) in [4.78, 5) is 0. The van der Waals surface area contributed by atoms with Crippen molar-refractivity contribution in [1.29, 1.82) is 0 Å². The van der Waals surface area contributed by atoms with Crippen molar-refractivity contribution in [3.05, 3.63) is 23.6 Å². The fraction of sp³-hybridized carbons (Fsp3) is 0.125. The molecule has 12 heavy (non-hydrogen) atoms. The van der Waals surface area contributed by atoms with E-state index < -0.39 is 5.82 Å². The van der Waals surface area contributed by atoms with Crippen LogP contribution >= 0.6 is 0 Å². The molecule has 62 valence electrons. The van der Waals surface area contributed by atoms with Crippen LogP contribution in [0.2, 0.25) is 0 Å². The molecule has 0 aliphatic carbocycles. The van der Waals surface area contributed by atoms with E-state index in [-0.39, 0.29) is 5.69 Å². The van der Waals surface area contributed by atoms with Gasteiger partial charge in [-0.15, -0.1) is 0 Å². The number of nitrogen functional groups attached to an aromatic ring is 1. The summed E-state index contributed by atoms with van der Waals surface area (Å²) in [5.74, 6) is -0.436. The van der Waals surface area contributed by atoms with Crippen molar-refractivity contribution < 1.29 is 8.91 Å². The monoisotopic (exact) mass is 166 g/mol.